The van der Waals surface area contributed by atoms with Gasteiger partial charge in [-0.25, -0.2) is 13.5 Å². The predicted molar refractivity (Wildman–Crippen MR) is 80.9 cm³/mol. The first-order valence-corrected chi connectivity index (χ1v) is 8.01. The third-order valence-electron chi connectivity index (χ3n) is 3.17. The number of aromatic nitrogens is 3. The molecular formula is C13H17N5O3S. The minimum atomic E-state index is -3.56. The summed E-state index contributed by atoms with van der Waals surface area (Å²) in [5, 5.41) is 8.63. The smallest absolute Gasteiger partial charge is 0.258 e. The molecule has 0 atom stereocenters. The quantitative estimate of drug-likeness (QED) is 0.856. The topological polar surface area (TPSA) is 108 Å². The Bertz CT molecular complexity index is 738. The van der Waals surface area contributed by atoms with E-state index in [-0.39, 0.29) is 16.9 Å². The van der Waals surface area contributed by atoms with Gasteiger partial charge in [0.05, 0.1) is 4.90 Å². The number of sulfonamides is 1. The van der Waals surface area contributed by atoms with E-state index in [1.54, 1.807) is 13.8 Å². The monoisotopic (exact) mass is 323 g/mol. The third kappa shape index (κ3) is 3.31. The van der Waals surface area contributed by atoms with Crippen LogP contribution in [0.4, 0.5) is 5.95 Å². The Morgan fingerprint density at radius 1 is 1.27 bits per heavy atom. The van der Waals surface area contributed by atoms with Crippen LogP contribution in [0.15, 0.2) is 35.5 Å². The van der Waals surface area contributed by atoms with Gasteiger partial charge in [-0.15, -0.1) is 0 Å². The van der Waals surface area contributed by atoms with Crippen molar-refractivity contribution in [3.8, 4) is 0 Å². The minimum absolute atomic E-state index is 0.139. The summed E-state index contributed by atoms with van der Waals surface area (Å²) in [4.78, 5) is 15.9. The highest BCUT2D eigenvalue weighted by molar-refractivity contribution is 7.89. The summed E-state index contributed by atoms with van der Waals surface area (Å²) < 4.78 is 25.9. The Morgan fingerprint density at radius 2 is 1.91 bits per heavy atom. The zero-order chi connectivity index (χ0) is 16.3. The van der Waals surface area contributed by atoms with E-state index in [9.17, 15) is 13.2 Å². The SMILES string of the molecule is CC(C)N(C)S(=O)(=O)c1ccc(C(=O)Nc2ncn[nH]2)cc1. The summed E-state index contributed by atoms with van der Waals surface area (Å²) in [6.45, 7) is 3.58. The first-order valence-electron chi connectivity index (χ1n) is 6.57. The second-order valence-corrected chi connectivity index (χ2v) is 6.93. The van der Waals surface area contributed by atoms with Gasteiger partial charge in [-0.1, -0.05) is 0 Å². The summed E-state index contributed by atoms with van der Waals surface area (Å²) in [5.74, 6) is -0.181. The van der Waals surface area contributed by atoms with E-state index in [1.807, 2.05) is 0 Å². The Kier molecular flexibility index (Phi) is 4.57. The molecule has 1 amide bonds. The van der Waals surface area contributed by atoms with Crippen molar-refractivity contribution in [2.75, 3.05) is 12.4 Å². The Morgan fingerprint density at radius 3 is 2.41 bits per heavy atom. The van der Waals surface area contributed by atoms with Crippen LogP contribution in [0, 0.1) is 0 Å². The first kappa shape index (κ1) is 16.1. The lowest BCUT2D eigenvalue weighted by atomic mass is 10.2. The maximum absolute atomic E-state index is 12.3. The highest BCUT2D eigenvalue weighted by Gasteiger charge is 2.23. The van der Waals surface area contributed by atoms with Crippen molar-refractivity contribution in [2.24, 2.45) is 0 Å². The molecule has 0 unspecified atom stereocenters. The molecule has 0 aliphatic heterocycles. The number of H-pyrrole nitrogens is 1. The molecule has 8 nitrogen and oxygen atoms in total. The largest absolute Gasteiger partial charge is 0.291 e. The van der Waals surface area contributed by atoms with E-state index in [0.29, 0.717) is 5.56 Å². The number of hydrogen-bond acceptors (Lipinski definition) is 5. The number of benzene rings is 1. The van der Waals surface area contributed by atoms with Gasteiger partial charge in [0.15, 0.2) is 0 Å². The van der Waals surface area contributed by atoms with Crippen molar-refractivity contribution in [1.29, 1.82) is 0 Å². The van der Waals surface area contributed by atoms with Crippen LogP contribution in [0.1, 0.15) is 24.2 Å². The summed E-state index contributed by atoms with van der Waals surface area (Å²) in [7, 11) is -2.04. The zero-order valence-electron chi connectivity index (χ0n) is 12.4. The standard InChI is InChI=1S/C13H17N5O3S/c1-9(2)18(3)22(20,21)11-6-4-10(5-7-11)12(19)16-13-14-8-15-17-13/h4-9H,1-3H3,(H2,14,15,16,17,19). The van der Waals surface area contributed by atoms with Gasteiger partial charge in [0.25, 0.3) is 5.91 Å². The number of nitrogens with one attached hydrogen (secondary N) is 2. The van der Waals surface area contributed by atoms with Crippen molar-refractivity contribution in [3.05, 3.63) is 36.2 Å². The number of nitrogens with zero attached hydrogens (tertiary/aromatic N) is 3. The molecule has 0 aliphatic rings. The van der Waals surface area contributed by atoms with E-state index in [1.165, 1.54) is 41.9 Å². The number of aromatic amines is 1. The second-order valence-electron chi connectivity index (χ2n) is 4.93. The van der Waals surface area contributed by atoms with Crippen LogP contribution in [-0.4, -0.2) is 46.9 Å². The van der Waals surface area contributed by atoms with Crippen LogP contribution in [0.3, 0.4) is 0 Å². The molecule has 0 fully saturated rings. The number of carbonyl (C=O) groups excluding carboxylic acids is 1. The van der Waals surface area contributed by atoms with Gasteiger partial charge in [-0.2, -0.15) is 14.4 Å². The minimum Gasteiger partial charge on any atom is -0.291 e. The lowest BCUT2D eigenvalue weighted by molar-refractivity contribution is 0.102. The average Bonchev–Trinajstić information content (AvgIpc) is 2.99. The van der Waals surface area contributed by atoms with Gasteiger partial charge in [-0.05, 0) is 38.1 Å². The number of hydrogen-bond donors (Lipinski definition) is 2. The van der Waals surface area contributed by atoms with Crippen LogP contribution in [0.2, 0.25) is 0 Å². The van der Waals surface area contributed by atoms with Gasteiger partial charge in [0, 0.05) is 18.7 Å². The molecule has 22 heavy (non-hydrogen) atoms. The molecule has 0 radical (unpaired) electrons. The lowest BCUT2D eigenvalue weighted by Crippen LogP contribution is -2.33. The fourth-order valence-corrected chi connectivity index (χ4v) is 3.04. The van der Waals surface area contributed by atoms with Crippen molar-refractivity contribution in [1.82, 2.24) is 19.5 Å². The molecule has 9 heteroatoms. The molecule has 0 bridgehead atoms. The molecule has 0 spiro atoms. The normalized spacial score (nSPS) is 11.9. The third-order valence-corrected chi connectivity index (χ3v) is 5.22. The molecule has 0 saturated carbocycles. The summed E-state index contributed by atoms with van der Waals surface area (Å²) in [6, 6.07) is 5.56. The van der Waals surface area contributed by atoms with Crippen LogP contribution in [0.25, 0.3) is 0 Å². The van der Waals surface area contributed by atoms with Crippen molar-refractivity contribution >= 4 is 21.9 Å². The molecule has 0 aliphatic carbocycles. The van der Waals surface area contributed by atoms with Gasteiger partial charge >= 0.3 is 0 Å². The van der Waals surface area contributed by atoms with E-state index in [2.05, 4.69) is 20.5 Å². The van der Waals surface area contributed by atoms with Crippen LogP contribution >= 0.6 is 0 Å². The van der Waals surface area contributed by atoms with Gasteiger partial charge in [0.1, 0.15) is 6.33 Å². The van der Waals surface area contributed by atoms with Gasteiger partial charge < -0.3 is 0 Å². The van der Waals surface area contributed by atoms with Crippen molar-refractivity contribution in [2.45, 2.75) is 24.8 Å². The van der Waals surface area contributed by atoms with E-state index >= 15 is 0 Å². The van der Waals surface area contributed by atoms with E-state index < -0.39 is 15.9 Å². The summed E-state index contributed by atoms with van der Waals surface area (Å²) in [6.07, 6.45) is 1.27. The first-order chi connectivity index (χ1) is 10.3. The number of carbonyl (C=O) groups is 1. The van der Waals surface area contributed by atoms with Crippen LogP contribution in [0.5, 0.6) is 0 Å². The Labute approximate surface area is 128 Å². The highest BCUT2D eigenvalue weighted by atomic mass is 32.2. The molecule has 2 N–H and O–H groups in total. The maximum Gasteiger partial charge on any atom is 0.258 e. The van der Waals surface area contributed by atoms with Gasteiger partial charge in [-0.3, -0.25) is 10.1 Å². The second kappa shape index (κ2) is 6.24. The molecular weight excluding hydrogens is 306 g/mol. The molecule has 1 aromatic carbocycles. The Hall–Kier alpha value is -2.26. The number of anilines is 1. The van der Waals surface area contributed by atoms with Crippen LogP contribution < -0.4 is 5.32 Å². The van der Waals surface area contributed by atoms with Crippen molar-refractivity contribution in [3.63, 3.8) is 0 Å². The fraction of sp³-hybridized carbons (Fsp3) is 0.308. The van der Waals surface area contributed by atoms with Crippen molar-refractivity contribution < 1.29 is 13.2 Å². The molecule has 2 aromatic rings. The number of rotatable bonds is 5. The van der Waals surface area contributed by atoms with E-state index in [4.69, 9.17) is 0 Å². The summed E-state index contributed by atoms with van der Waals surface area (Å²) in [5.41, 5.74) is 0.322. The fourth-order valence-electron chi connectivity index (χ4n) is 1.67. The predicted octanol–water partition coefficient (Wildman–Crippen LogP) is 1.09. The summed E-state index contributed by atoms with van der Waals surface area (Å²) >= 11 is 0. The maximum atomic E-state index is 12.3. The molecule has 118 valence electrons. The molecule has 0 saturated heterocycles. The average molecular weight is 323 g/mol. The van der Waals surface area contributed by atoms with Gasteiger partial charge in [0.2, 0.25) is 16.0 Å². The molecule has 1 aromatic heterocycles. The number of amides is 1. The molecule has 2 rings (SSSR count). The van der Waals surface area contributed by atoms with E-state index in [0.717, 1.165) is 0 Å². The Balaban J connectivity index is 2.18. The van der Waals surface area contributed by atoms with Crippen LogP contribution in [-0.2, 0) is 10.0 Å². The molecule has 1 heterocycles. The lowest BCUT2D eigenvalue weighted by Gasteiger charge is -2.20. The highest BCUT2D eigenvalue weighted by Crippen LogP contribution is 2.17. The zero-order valence-corrected chi connectivity index (χ0v) is 13.3.